The summed E-state index contributed by atoms with van der Waals surface area (Å²) in [5.74, 6) is 0.333. The molecule has 1 saturated heterocycles. The van der Waals surface area contributed by atoms with Crippen LogP contribution >= 0.6 is 0 Å². The van der Waals surface area contributed by atoms with Gasteiger partial charge in [-0.1, -0.05) is 27.7 Å². The fourth-order valence-electron chi connectivity index (χ4n) is 3.35. The molecule has 0 bridgehead atoms. The number of rotatable bonds is 6. The lowest BCUT2D eigenvalue weighted by molar-refractivity contribution is -0.143. The first-order valence-electron chi connectivity index (χ1n) is 7.73. The van der Waals surface area contributed by atoms with E-state index in [0.29, 0.717) is 18.3 Å². The maximum atomic E-state index is 12.6. The average Bonchev–Trinajstić information content (AvgIpc) is 2.34. The first-order valence-corrected chi connectivity index (χ1v) is 7.73. The molecule has 1 unspecified atom stereocenters. The van der Waals surface area contributed by atoms with Crippen LogP contribution in [0.3, 0.4) is 0 Å². The van der Waals surface area contributed by atoms with Gasteiger partial charge in [0, 0.05) is 24.9 Å². The predicted molar refractivity (Wildman–Crippen MR) is 79.4 cm³/mol. The summed E-state index contributed by atoms with van der Waals surface area (Å²) in [5, 5.41) is 8.77. The molecule has 1 amide bonds. The molecule has 1 heterocycles. The van der Waals surface area contributed by atoms with Gasteiger partial charge >= 0.3 is 5.97 Å². The molecule has 0 saturated carbocycles. The van der Waals surface area contributed by atoms with Gasteiger partial charge < -0.3 is 10.0 Å². The van der Waals surface area contributed by atoms with Crippen LogP contribution in [-0.4, -0.2) is 35.0 Å². The largest absolute Gasteiger partial charge is 0.481 e. The Hall–Kier alpha value is -1.06. The highest BCUT2D eigenvalue weighted by Crippen LogP contribution is 2.30. The zero-order valence-electron chi connectivity index (χ0n) is 13.3. The van der Waals surface area contributed by atoms with Gasteiger partial charge in [-0.3, -0.25) is 9.59 Å². The van der Waals surface area contributed by atoms with E-state index < -0.39 is 5.97 Å². The lowest BCUT2D eigenvalue weighted by Gasteiger charge is -2.38. The molecule has 0 aromatic carbocycles. The second kappa shape index (κ2) is 7.09. The third kappa shape index (κ3) is 5.14. The molecule has 0 radical (unpaired) electrons. The third-order valence-electron chi connectivity index (χ3n) is 4.07. The number of amides is 1. The van der Waals surface area contributed by atoms with Gasteiger partial charge in [0.15, 0.2) is 0 Å². The molecule has 4 heteroatoms. The first kappa shape index (κ1) is 17.0. The fraction of sp³-hybridized carbons (Fsp3) is 0.875. The van der Waals surface area contributed by atoms with Crippen molar-refractivity contribution in [2.75, 3.05) is 13.1 Å². The summed E-state index contributed by atoms with van der Waals surface area (Å²) in [6, 6.07) is 0. The van der Waals surface area contributed by atoms with Crippen molar-refractivity contribution in [3.63, 3.8) is 0 Å². The molecule has 0 aromatic heterocycles. The zero-order chi connectivity index (χ0) is 15.3. The number of carboxylic acid groups (broad SMARTS) is 1. The molecule has 1 atom stereocenters. The molecule has 4 nitrogen and oxygen atoms in total. The maximum Gasteiger partial charge on any atom is 0.303 e. The molecular formula is C16H29NO3. The van der Waals surface area contributed by atoms with Gasteiger partial charge in [0.1, 0.15) is 0 Å². The van der Waals surface area contributed by atoms with Gasteiger partial charge in [0.2, 0.25) is 5.91 Å². The minimum Gasteiger partial charge on any atom is -0.481 e. The Morgan fingerprint density at radius 2 is 2.00 bits per heavy atom. The Labute approximate surface area is 122 Å². The molecule has 116 valence electrons. The second-order valence-electron chi connectivity index (χ2n) is 7.17. The van der Waals surface area contributed by atoms with Gasteiger partial charge in [-0.05, 0) is 37.5 Å². The van der Waals surface area contributed by atoms with Gasteiger partial charge in [-0.25, -0.2) is 0 Å². The number of aliphatic carboxylic acids is 1. The van der Waals surface area contributed by atoms with Crippen LogP contribution in [0.5, 0.6) is 0 Å². The number of carboxylic acids is 1. The third-order valence-corrected chi connectivity index (χ3v) is 4.07. The van der Waals surface area contributed by atoms with E-state index in [-0.39, 0.29) is 17.7 Å². The molecule has 0 aromatic rings. The van der Waals surface area contributed by atoms with Crippen molar-refractivity contribution >= 4 is 11.9 Å². The minimum atomic E-state index is -0.742. The van der Waals surface area contributed by atoms with Crippen LogP contribution in [0.4, 0.5) is 0 Å². The topological polar surface area (TPSA) is 57.6 Å². The number of hydrogen-bond acceptors (Lipinski definition) is 2. The Morgan fingerprint density at radius 3 is 2.55 bits per heavy atom. The molecular weight excluding hydrogens is 254 g/mol. The van der Waals surface area contributed by atoms with E-state index in [2.05, 4.69) is 13.8 Å². The lowest BCUT2D eigenvalue weighted by atomic mass is 9.81. The molecule has 1 rings (SSSR count). The van der Waals surface area contributed by atoms with E-state index in [1.165, 1.54) is 0 Å². The fourth-order valence-corrected chi connectivity index (χ4v) is 3.35. The Bertz CT molecular complexity index is 350. The summed E-state index contributed by atoms with van der Waals surface area (Å²) >= 11 is 0. The highest BCUT2D eigenvalue weighted by molar-refractivity contribution is 5.82. The normalized spacial score (nSPS) is 20.2. The Balaban J connectivity index is 2.57. The van der Waals surface area contributed by atoms with Crippen molar-refractivity contribution < 1.29 is 14.7 Å². The van der Waals surface area contributed by atoms with Gasteiger partial charge in [0.05, 0.1) is 0 Å². The molecule has 1 aliphatic rings. The van der Waals surface area contributed by atoms with Crippen LogP contribution in [0.15, 0.2) is 0 Å². The molecule has 0 spiro atoms. The van der Waals surface area contributed by atoms with E-state index in [4.69, 9.17) is 5.11 Å². The highest BCUT2D eigenvalue weighted by Gasteiger charge is 2.34. The van der Waals surface area contributed by atoms with E-state index in [0.717, 1.165) is 32.4 Å². The van der Waals surface area contributed by atoms with Crippen LogP contribution in [0.1, 0.15) is 59.8 Å². The number of nitrogens with zero attached hydrogens (tertiary/aromatic N) is 1. The molecule has 0 aliphatic carbocycles. The molecule has 1 fully saturated rings. The van der Waals surface area contributed by atoms with Crippen molar-refractivity contribution in [3.05, 3.63) is 0 Å². The minimum absolute atomic E-state index is 0.210. The smallest absolute Gasteiger partial charge is 0.303 e. The highest BCUT2D eigenvalue weighted by atomic mass is 16.4. The monoisotopic (exact) mass is 283 g/mol. The Morgan fingerprint density at radius 1 is 1.35 bits per heavy atom. The standard InChI is InChI=1S/C16H29NO3/c1-12(2)10-16(3,4)15(20)17-9-5-6-13(11-17)7-8-14(18)19/h12-13H,5-11H2,1-4H3,(H,18,19). The van der Waals surface area contributed by atoms with Crippen molar-refractivity contribution in [2.45, 2.75) is 59.8 Å². The van der Waals surface area contributed by atoms with Crippen LogP contribution in [-0.2, 0) is 9.59 Å². The van der Waals surface area contributed by atoms with E-state index in [9.17, 15) is 9.59 Å². The lowest BCUT2D eigenvalue weighted by Crippen LogP contribution is -2.46. The SMILES string of the molecule is CC(C)CC(C)(C)C(=O)N1CCCC(CCC(=O)O)C1. The van der Waals surface area contributed by atoms with Gasteiger partial charge in [-0.15, -0.1) is 0 Å². The van der Waals surface area contributed by atoms with E-state index in [1.807, 2.05) is 18.7 Å². The van der Waals surface area contributed by atoms with Crippen molar-refractivity contribution in [1.29, 1.82) is 0 Å². The molecule has 1 aliphatic heterocycles. The van der Waals surface area contributed by atoms with Crippen molar-refractivity contribution in [2.24, 2.45) is 17.3 Å². The predicted octanol–water partition coefficient (Wildman–Crippen LogP) is 3.16. The number of likely N-dealkylation sites (tertiary alicyclic amines) is 1. The van der Waals surface area contributed by atoms with Crippen molar-refractivity contribution in [1.82, 2.24) is 4.90 Å². The zero-order valence-corrected chi connectivity index (χ0v) is 13.3. The number of hydrogen-bond donors (Lipinski definition) is 1. The number of piperidine rings is 1. The summed E-state index contributed by atoms with van der Waals surface area (Å²) in [6.07, 6.45) is 3.82. The summed E-state index contributed by atoms with van der Waals surface area (Å²) in [7, 11) is 0. The first-order chi connectivity index (χ1) is 9.22. The van der Waals surface area contributed by atoms with Crippen LogP contribution in [0, 0.1) is 17.3 Å². The maximum absolute atomic E-state index is 12.6. The summed E-state index contributed by atoms with van der Waals surface area (Å²) in [5.41, 5.74) is -0.317. The van der Waals surface area contributed by atoms with Gasteiger partial charge in [-0.2, -0.15) is 0 Å². The van der Waals surface area contributed by atoms with E-state index >= 15 is 0 Å². The Kier molecular flexibility index (Phi) is 6.03. The number of carbonyl (C=O) groups excluding carboxylic acids is 1. The summed E-state index contributed by atoms with van der Waals surface area (Å²) in [6.45, 7) is 9.88. The van der Waals surface area contributed by atoms with Crippen LogP contribution in [0.2, 0.25) is 0 Å². The molecule has 1 N–H and O–H groups in total. The number of carbonyl (C=O) groups is 2. The van der Waals surface area contributed by atoms with Crippen molar-refractivity contribution in [3.8, 4) is 0 Å². The van der Waals surface area contributed by atoms with Crippen LogP contribution < -0.4 is 0 Å². The quantitative estimate of drug-likeness (QED) is 0.814. The van der Waals surface area contributed by atoms with E-state index in [1.54, 1.807) is 0 Å². The average molecular weight is 283 g/mol. The molecule has 20 heavy (non-hydrogen) atoms. The van der Waals surface area contributed by atoms with Gasteiger partial charge in [0.25, 0.3) is 0 Å². The summed E-state index contributed by atoms with van der Waals surface area (Å²) in [4.78, 5) is 25.3. The second-order valence-corrected chi connectivity index (χ2v) is 7.17. The summed E-state index contributed by atoms with van der Waals surface area (Å²) < 4.78 is 0. The van der Waals surface area contributed by atoms with Crippen LogP contribution in [0.25, 0.3) is 0 Å².